The number of esters is 1. The van der Waals surface area contributed by atoms with Crippen LogP contribution in [0.15, 0.2) is 27.6 Å². The smallest absolute Gasteiger partial charge is 0.316 e. The number of halogens is 1. The third-order valence-corrected chi connectivity index (χ3v) is 3.30. The molecule has 17 heavy (non-hydrogen) atoms. The maximum Gasteiger partial charge on any atom is 0.316 e. The fourth-order valence-electron chi connectivity index (χ4n) is 1.09. The number of rotatable bonds is 5. The van der Waals surface area contributed by atoms with Gasteiger partial charge in [0.05, 0.1) is 22.2 Å². The first kappa shape index (κ1) is 14.0. The van der Waals surface area contributed by atoms with E-state index < -0.39 is 4.92 Å². The van der Waals surface area contributed by atoms with Crippen LogP contribution in [0.2, 0.25) is 0 Å². The van der Waals surface area contributed by atoms with E-state index in [9.17, 15) is 14.9 Å². The second-order valence-corrected chi connectivity index (χ2v) is 4.90. The molecule has 0 fully saturated rings. The first-order valence-corrected chi connectivity index (χ1v) is 6.54. The molecular weight excluding hydrogens is 310 g/mol. The van der Waals surface area contributed by atoms with Crippen molar-refractivity contribution in [2.75, 3.05) is 12.4 Å². The Morgan fingerprint density at radius 2 is 2.29 bits per heavy atom. The molecule has 0 bridgehead atoms. The first-order chi connectivity index (χ1) is 8.04. The van der Waals surface area contributed by atoms with Gasteiger partial charge in [0.2, 0.25) is 0 Å². The fraction of sp³-hybridized carbons (Fsp3) is 0.300. The van der Waals surface area contributed by atoms with Crippen LogP contribution in [0.4, 0.5) is 5.69 Å². The largest absolute Gasteiger partial charge is 0.465 e. The molecule has 0 amide bonds. The lowest BCUT2D eigenvalue weighted by molar-refractivity contribution is -0.387. The monoisotopic (exact) mass is 319 g/mol. The number of carbonyl (C=O) groups is 1. The molecule has 0 radical (unpaired) electrons. The molecule has 7 heteroatoms. The van der Waals surface area contributed by atoms with E-state index in [0.717, 1.165) is 11.8 Å². The van der Waals surface area contributed by atoms with Crippen molar-refractivity contribution >= 4 is 39.3 Å². The Bertz CT molecular complexity index is 438. The highest BCUT2D eigenvalue weighted by Gasteiger charge is 2.16. The van der Waals surface area contributed by atoms with Gasteiger partial charge >= 0.3 is 5.97 Å². The van der Waals surface area contributed by atoms with Gasteiger partial charge in [0.15, 0.2) is 0 Å². The summed E-state index contributed by atoms with van der Waals surface area (Å²) in [6, 6.07) is 4.71. The van der Waals surface area contributed by atoms with Crippen molar-refractivity contribution < 1.29 is 14.5 Å². The van der Waals surface area contributed by atoms with E-state index >= 15 is 0 Å². The van der Waals surface area contributed by atoms with Crippen molar-refractivity contribution in [3.05, 3.63) is 32.8 Å². The topological polar surface area (TPSA) is 69.4 Å². The van der Waals surface area contributed by atoms with Crippen molar-refractivity contribution in [2.24, 2.45) is 0 Å². The standard InChI is InChI=1S/C10H10BrNO4S/c1-2-16-10(13)6-17-9-4-3-7(11)5-8(9)12(14)15/h3-5H,2,6H2,1H3. The van der Waals surface area contributed by atoms with Gasteiger partial charge in [-0.25, -0.2) is 0 Å². The minimum atomic E-state index is -0.474. The number of hydrogen-bond acceptors (Lipinski definition) is 5. The van der Waals surface area contributed by atoms with Crippen molar-refractivity contribution in [3.63, 3.8) is 0 Å². The maximum absolute atomic E-state index is 11.1. The van der Waals surface area contributed by atoms with Gasteiger partial charge in [-0.1, -0.05) is 15.9 Å². The molecule has 0 heterocycles. The Morgan fingerprint density at radius 1 is 1.59 bits per heavy atom. The van der Waals surface area contributed by atoms with Crippen LogP contribution in [0.25, 0.3) is 0 Å². The summed E-state index contributed by atoms with van der Waals surface area (Å²) >= 11 is 4.26. The van der Waals surface area contributed by atoms with Crippen LogP contribution in [0.1, 0.15) is 6.92 Å². The predicted molar refractivity (Wildman–Crippen MR) is 68.2 cm³/mol. The summed E-state index contributed by atoms with van der Waals surface area (Å²) in [5, 5.41) is 10.8. The summed E-state index contributed by atoms with van der Waals surface area (Å²) in [6.45, 7) is 2.02. The number of ether oxygens (including phenoxy) is 1. The number of thioether (sulfide) groups is 1. The van der Waals surface area contributed by atoms with Crippen molar-refractivity contribution in [1.82, 2.24) is 0 Å². The third-order valence-electron chi connectivity index (χ3n) is 1.77. The van der Waals surface area contributed by atoms with E-state index in [1.807, 2.05) is 0 Å². The molecule has 0 aliphatic heterocycles. The minimum Gasteiger partial charge on any atom is -0.465 e. The highest BCUT2D eigenvalue weighted by Crippen LogP contribution is 2.31. The lowest BCUT2D eigenvalue weighted by Gasteiger charge is -2.03. The second-order valence-electron chi connectivity index (χ2n) is 2.96. The molecule has 0 N–H and O–H groups in total. The van der Waals surface area contributed by atoms with Crippen LogP contribution in [-0.2, 0) is 9.53 Å². The molecule has 0 saturated carbocycles. The molecule has 92 valence electrons. The van der Waals surface area contributed by atoms with Gasteiger partial charge in [0, 0.05) is 10.5 Å². The highest BCUT2D eigenvalue weighted by atomic mass is 79.9. The van der Waals surface area contributed by atoms with E-state index in [2.05, 4.69) is 15.9 Å². The zero-order valence-corrected chi connectivity index (χ0v) is 11.4. The molecule has 0 aliphatic rings. The lowest BCUT2D eigenvalue weighted by Crippen LogP contribution is -2.06. The van der Waals surface area contributed by atoms with E-state index in [-0.39, 0.29) is 17.4 Å². The number of carbonyl (C=O) groups excluding carboxylic acids is 1. The molecule has 1 rings (SSSR count). The molecule has 1 aromatic carbocycles. The average Bonchev–Trinajstić information content (AvgIpc) is 2.27. The third kappa shape index (κ3) is 4.35. The number of nitro benzene ring substituents is 1. The summed E-state index contributed by atoms with van der Waals surface area (Å²) in [5.74, 6) is -0.314. The molecule has 0 spiro atoms. The second kappa shape index (κ2) is 6.61. The van der Waals surface area contributed by atoms with Gasteiger partial charge in [-0.05, 0) is 19.1 Å². The van der Waals surface area contributed by atoms with Gasteiger partial charge in [0.25, 0.3) is 5.69 Å². The van der Waals surface area contributed by atoms with E-state index in [1.54, 1.807) is 19.1 Å². The van der Waals surface area contributed by atoms with Crippen LogP contribution in [0.5, 0.6) is 0 Å². The van der Waals surface area contributed by atoms with Gasteiger partial charge in [-0.3, -0.25) is 14.9 Å². The van der Waals surface area contributed by atoms with Crippen molar-refractivity contribution in [1.29, 1.82) is 0 Å². The summed E-state index contributed by atoms with van der Waals surface area (Å²) in [6.07, 6.45) is 0. The molecule has 5 nitrogen and oxygen atoms in total. The Balaban J connectivity index is 2.77. The van der Waals surface area contributed by atoms with Gasteiger partial charge in [-0.2, -0.15) is 0 Å². The maximum atomic E-state index is 11.1. The number of benzene rings is 1. The molecule has 0 unspecified atom stereocenters. The number of hydrogen-bond donors (Lipinski definition) is 0. The van der Waals surface area contributed by atoms with Crippen LogP contribution in [0, 0.1) is 10.1 Å². The fourth-order valence-corrected chi connectivity index (χ4v) is 2.25. The Labute approximate surface area is 111 Å². The van der Waals surface area contributed by atoms with Crippen LogP contribution >= 0.6 is 27.7 Å². The zero-order chi connectivity index (χ0) is 12.8. The SMILES string of the molecule is CCOC(=O)CSc1ccc(Br)cc1[N+](=O)[O-]. The summed E-state index contributed by atoms with van der Waals surface area (Å²) in [4.78, 5) is 21.9. The van der Waals surface area contributed by atoms with E-state index in [1.165, 1.54) is 6.07 Å². The molecule has 0 aliphatic carbocycles. The number of nitrogens with zero attached hydrogens (tertiary/aromatic N) is 1. The van der Waals surface area contributed by atoms with Crippen LogP contribution in [-0.4, -0.2) is 23.3 Å². The Morgan fingerprint density at radius 3 is 2.88 bits per heavy atom. The van der Waals surface area contributed by atoms with E-state index in [0.29, 0.717) is 16.0 Å². The minimum absolute atomic E-state index is 0.0197. The van der Waals surface area contributed by atoms with Gasteiger partial charge in [0.1, 0.15) is 0 Å². The normalized spacial score (nSPS) is 10.0. The molecule has 0 aromatic heterocycles. The quantitative estimate of drug-likeness (QED) is 0.361. The van der Waals surface area contributed by atoms with E-state index in [4.69, 9.17) is 4.74 Å². The molecular formula is C10H10BrNO4S. The van der Waals surface area contributed by atoms with Crippen molar-refractivity contribution in [2.45, 2.75) is 11.8 Å². The van der Waals surface area contributed by atoms with Gasteiger partial charge < -0.3 is 4.74 Å². The number of nitro groups is 1. The molecule has 0 saturated heterocycles. The lowest BCUT2D eigenvalue weighted by atomic mass is 10.3. The predicted octanol–water partition coefficient (Wildman–Crippen LogP) is 3.01. The van der Waals surface area contributed by atoms with Crippen LogP contribution < -0.4 is 0 Å². The molecule has 1 aromatic rings. The average molecular weight is 320 g/mol. The zero-order valence-electron chi connectivity index (χ0n) is 9.01. The molecule has 0 atom stereocenters. The van der Waals surface area contributed by atoms with Gasteiger partial charge in [-0.15, -0.1) is 11.8 Å². The Kier molecular flexibility index (Phi) is 5.43. The van der Waals surface area contributed by atoms with Crippen molar-refractivity contribution in [3.8, 4) is 0 Å². The first-order valence-electron chi connectivity index (χ1n) is 4.77. The summed E-state index contributed by atoms with van der Waals surface area (Å²) in [5.41, 5.74) is -0.0197. The van der Waals surface area contributed by atoms with Crippen LogP contribution in [0.3, 0.4) is 0 Å². The Hall–Kier alpha value is -1.08. The highest BCUT2D eigenvalue weighted by molar-refractivity contribution is 9.10. The summed E-state index contributed by atoms with van der Waals surface area (Å²) in [7, 11) is 0. The summed E-state index contributed by atoms with van der Waals surface area (Å²) < 4.78 is 5.38.